The first-order valence-electron chi connectivity index (χ1n) is 12.4. The van der Waals surface area contributed by atoms with Crippen molar-refractivity contribution in [3.05, 3.63) is 35.4 Å². The van der Waals surface area contributed by atoms with Crippen LogP contribution in [0.5, 0.6) is 0 Å². The Morgan fingerprint density at radius 1 is 1.05 bits per heavy atom. The Morgan fingerprint density at radius 2 is 1.68 bits per heavy atom. The number of nitrogens with zero attached hydrogens (tertiary/aromatic N) is 1. The van der Waals surface area contributed by atoms with Gasteiger partial charge in [0.2, 0.25) is 17.7 Å². The standard InChI is InChI=1S/C26H40N4O7/c1-7-15-30(24(34)19(16-20(27)31)29-25(35)37-26(4,5)6)22(18-11-9-17(3)10-12-18)23(33)28-14-13-21(32)36-8-2/h9-12,19,22H,7-8,13-16H2,1-6H3,(H2,27,31)(H,28,33)(H,29,35). The Hall–Kier alpha value is -3.63. The van der Waals surface area contributed by atoms with Crippen LogP contribution in [0.3, 0.4) is 0 Å². The number of alkyl carbamates (subject to hydrolysis) is 1. The maximum absolute atomic E-state index is 13.7. The number of ether oxygens (including phenoxy) is 2. The van der Waals surface area contributed by atoms with E-state index in [1.165, 1.54) is 4.90 Å². The molecule has 0 fully saturated rings. The number of amides is 4. The molecule has 4 N–H and O–H groups in total. The summed E-state index contributed by atoms with van der Waals surface area (Å²) < 4.78 is 10.1. The summed E-state index contributed by atoms with van der Waals surface area (Å²) in [6.07, 6.45) is -0.926. The van der Waals surface area contributed by atoms with Crippen molar-refractivity contribution in [1.82, 2.24) is 15.5 Å². The summed E-state index contributed by atoms with van der Waals surface area (Å²) in [5.74, 6) is -2.46. The van der Waals surface area contributed by atoms with Gasteiger partial charge in [-0.3, -0.25) is 19.2 Å². The first kappa shape index (κ1) is 31.4. The van der Waals surface area contributed by atoms with Crippen molar-refractivity contribution in [2.24, 2.45) is 5.73 Å². The van der Waals surface area contributed by atoms with Gasteiger partial charge < -0.3 is 30.7 Å². The number of benzene rings is 1. The van der Waals surface area contributed by atoms with Crippen LogP contribution in [-0.2, 0) is 28.7 Å². The van der Waals surface area contributed by atoms with E-state index in [1.807, 2.05) is 26.0 Å². The van der Waals surface area contributed by atoms with Gasteiger partial charge >= 0.3 is 12.1 Å². The summed E-state index contributed by atoms with van der Waals surface area (Å²) in [5, 5.41) is 5.12. The topological polar surface area (TPSA) is 157 Å². The number of aryl methyl sites for hydroxylation is 1. The Bertz CT molecular complexity index is 941. The maximum Gasteiger partial charge on any atom is 0.408 e. The smallest absolute Gasteiger partial charge is 0.408 e. The highest BCUT2D eigenvalue weighted by atomic mass is 16.6. The molecule has 37 heavy (non-hydrogen) atoms. The zero-order valence-corrected chi connectivity index (χ0v) is 22.6. The fourth-order valence-corrected chi connectivity index (χ4v) is 3.50. The highest BCUT2D eigenvalue weighted by molar-refractivity contribution is 5.94. The summed E-state index contributed by atoms with van der Waals surface area (Å²) in [6.45, 7) is 10.8. The van der Waals surface area contributed by atoms with Gasteiger partial charge in [0.15, 0.2) is 0 Å². The first-order chi connectivity index (χ1) is 17.3. The van der Waals surface area contributed by atoms with Crippen molar-refractivity contribution < 1.29 is 33.4 Å². The lowest BCUT2D eigenvalue weighted by Gasteiger charge is -2.34. The van der Waals surface area contributed by atoms with Gasteiger partial charge in [0.1, 0.15) is 17.7 Å². The summed E-state index contributed by atoms with van der Waals surface area (Å²) in [5.41, 5.74) is 6.01. The predicted molar refractivity (Wildman–Crippen MR) is 137 cm³/mol. The fraction of sp³-hybridized carbons (Fsp3) is 0.577. The van der Waals surface area contributed by atoms with E-state index in [1.54, 1.807) is 39.8 Å². The second-order valence-electron chi connectivity index (χ2n) is 9.56. The van der Waals surface area contributed by atoms with Gasteiger partial charge in [-0.25, -0.2) is 4.79 Å². The molecule has 0 aromatic heterocycles. The lowest BCUT2D eigenvalue weighted by Crippen LogP contribution is -2.54. The number of esters is 1. The van der Waals surface area contributed by atoms with E-state index >= 15 is 0 Å². The molecule has 0 saturated heterocycles. The van der Waals surface area contributed by atoms with Crippen molar-refractivity contribution in [2.45, 2.75) is 78.5 Å². The van der Waals surface area contributed by atoms with E-state index < -0.39 is 53.9 Å². The minimum absolute atomic E-state index is 0.00898. The van der Waals surface area contributed by atoms with Gasteiger partial charge in [-0.05, 0) is 46.6 Å². The average Bonchev–Trinajstić information content (AvgIpc) is 2.77. The number of carbonyl (C=O) groups is 5. The van der Waals surface area contributed by atoms with Crippen LogP contribution in [0.15, 0.2) is 24.3 Å². The number of rotatable bonds is 13. The average molecular weight is 521 g/mol. The van der Waals surface area contributed by atoms with Crippen molar-refractivity contribution >= 4 is 29.8 Å². The molecular formula is C26H40N4O7. The zero-order valence-electron chi connectivity index (χ0n) is 22.6. The monoisotopic (exact) mass is 520 g/mol. The highest BCUT2D eigenvalue weighted by Crippen LogP contribution is 2.24. The zero-order chi connectivity index (χ0) is 28.2. The van der Waals surface area contributed by atoms with Crippen LogP contribution in [0.4, 0.5) is 4.79 Å². The third kappa shape index (κ3) is 11.3. The molecule has 0 bridgehead atoms. The quantitative estimate of drug-likeness (QED) is 0.336. The van der Waals surface area contributed by atoms with Crippen molar-refractivity contribution in [3.63, 3.8) is 0 Å². The summed E-state index contributed by atoms with van der Waals surface area (Å²) >= 11 is 0. The van der Waals surface area contributed by atoms with Crippen LogP contribution in [0.2, 0.25) is 0 Å². The van der Waals surface area contributed by atoms with Gasteiger partial charge in [0.05, 0.1) is 19.4 Å². The molecule has 1 aromatic carbocycles. The minimum atomic E-state index is -1.35. The second kappa shape index (κ2) is 14.8. The molecule has 206 valence electrons. The third-order valence-corrected chi connectivity index (χ3v) is 5.03. The van der Waals surface area contributed by atoms with E-state index in [-0.39, 0.29) is 26.1 Å². The molecule has 11 nitrogen and oxygen atoms in total. The number of nitrogens with one attached hydrogen (secondary N) is 2. The lowest BCUT2D eigenvalue weighted by atomic mass is 10.0. The summed E-state index contributed by atoms with van der Waals surface area (Å²) in [4.78, 5) is 64.3. The Labute approximate surface area is 218 Å². The molecule has 0 saturated carbocycles. The largest absolute Gasteiger partial charge is 0.466 e. The predicted octanol–water partition coefficient (Wildman–Crippen LogP) is 2.11. The van der Waals surface area contributed by atoms with E-state index in [4.69, 9.17) is 15.2 Å². The van der Waals surface area contributed by atoms with Gasteiger partial charge in [0.25, 0.3) is 0 Å². The molecule has 2 atom stereocenters. The van der Waals surface area contributed by atoms with Crippen LogP contribution in [-0.4, -0.2) is 66.0 Å². The van der Waals surface area contributed by atoms with E-state index in [9.17, 15) is 24.0 Å². The van der Waals surface area contributed by atoms with Crippen molar-refractivity contribution in [1.29, 1.82) is 0 Å². The molecule has 0 heterocycles. The molecule has 0 radical (unpaired) electrons. The van der Waals surface area contributed by atoms with Crippen LogP contribution in [0, 0.1) is 6.92 Å². The van der Waals surface area contributed by atoms with Gasteiger partial charge in [0, 0.05) is 13.1 Å². The fourth-order valence-electron chi connectivity index (χ4n) is 3.50. The van der Waals surface area contributed by atoms with Crippen LogP contribution >= 0.6 is 0 Å². The van der Waals surface area contributed by atoms with Crippen molar-refractivity contribution in [2.75, 3.05) is 19.7 Å². The minimum Gasteiger partial charge on any atom is -0.466 e. The molecule has 0 spiro atoms. The second-order valence-corrected chi connectivity index (χ2v) is 9.56. The normalized spacial score (nSPS) is 12.6. The van der Waals surface area contributed by atoms with Crippen LogP contribution in [0.1, 0.15) is 71.0 Å². The molecule has 1 aromatic rings. The molecule has 0 aliphatic heterocycles. The van der Waals surface area contributed by atoms with Crippen LogP contribution < -0.4 is 16.4 Å². The number of nitrogens with two attached hydrogens (primary N) is 1. The Kier molecular flexibility index (Phi) is 12.6. The molecular weight excluding hydrogens is 480 g/mol. The maximum atomic E-state index is 13.7. The highest BCUT2D eigenvalue weighted by Gasteiger charge is 2.36. The SMILES string of the molecule is CCCN(C(=O)C(CC(N)=O)NC(=O)OC(C)(C)C)C(C(=O)NCCC(=O)OCC)c1ccc(C)cc1. The number of primary amides is 1. The lowest BCUT2D eigenvalue weighted by molar-refractivity contribution is -0.144. The van der Waals surface area contributed by atoms with Crippen LogP contribution in [0.25, 0.3) is 0 Å². The van der Waals surface area contributed by atoms with E-state index in [2.05, 4.69) is 10.6 Å². The van der Waals surface area contributed by atoms with Gasteiger partial charge in [-0.15, -0.1) is 0 Å². The summed E-state index contributed by atoms with van der Waals surface area (Å²) in [7, 11) is 0. The molecule has 2 unspecified atom stereocenters. The van der Waals surface area contributed by atoms with Crippen molar-refractivity contribution in [3.8, 4) is 0 Å². The molecule has 0 aliphatic carbocycles. The molecule has 4 amide bonds. The Balaban J connectivity index is 3.33. The number of hydrogen-bond acceptors (Lipinski definition) is 7. The van der Waals surface area contributed by atoms with E-state index in [0.717, 1.165) is 5.56 Å². The van der Waals surface area contributed by atoms with E-state index in [0.29, 0.717) is 12.0 Å². The molecule has 11 heteroatoms. The first-order valence-corrected chi connectivity index (χ1v) is 12.4. The van der Waals surface area contributed by atoms with Gasteiger partial charge in [-0.1, -0.05) is 36.8 Å². The Morgan fingerprint density at radius 3 is 2.19 bits per heavy atom. The molecule has 0 aliphatic rings. The van der Waals surface area contributed by atoms with Gasteiger partial charge in [-0.2, -0.15) is 0 Å². The summed E-state index contributed by atoms with van der Waals surface area (Å²) in [6, 6.07) is 4.63. The number of hydrogen-bond donors (Lipinski definition) is 3. The number of carbonyl (C=O) groups excluding carboxylic acids is 5. The third-order valence-electron chi connectivity index (χ3n) is 5.03. The molecule has 1 rings (SSSR count).